The highest BCUT2D eigenvalue weighted by Crippen LogP contribution is 2.33. The van der Waals surface area contributed by atoms with Crippen LogP contribution in [0.3, 0.4) is 0 Å². The number of fused-ring (bicyclic) bond motifs is 2. The van der Waals surface area contributed by atoms with Crippen molar-refractivity contribution >= 4 is 45.7 Å². The summed E-state index contributed by atoms with van der Waals surface area (Å²) in [7, 11) is 1.61. The highest BCUT2D eigenvalue weighted by atomic mass is 32.1. The molecule has 0 radical (unpaired) electrons. The number of carbonyl (C=O) groups excluding carboxylic acids is 3. The van der Waals surface area contributed by atoms with Gasteiger partial charge in [-0.1, -0.05) is 24.3 Å². The summed E-state index contributed by atoms with van der Waals surface area (Å²) >= 11 is 1.40. The minimum Gasteiger partial charge on any atom is -0.496 e. The van der Waals surface area contributed by atoms with Gasteiger partial charge in [0.15, 0.2) is 0 Å². The average Bonchev–Trinajstić information content (AvgIpc) is 3.56. The maximum absolute atomic E-state index is 12.8. The normalized spacial score (nSPS) is 12.8. The number of benzene rings is 3. The van der Waals surface area contributed by atoms with Gasteiger partial charge in [-0.25, -0.2) is 9.42 Å². The lowest BCUT2D eigenvalue weighted by atomic mass is 10.1. The van der Waals surface area contributed by atoms with Crippen molar-refractivity contribution in [2.24, 2.45) is 0 Å². The quantitative estimate of drug-likeness (QED) is 0.360. The Hall–Kier alpha value is -4.83. The fraction of sp³-hybridized carbons (Fsp3) is 0.0385. The summed E-state index contributed by atoms with van der Waals surface area (Å²) < 4.78 is 7.11. The van der Waals surface area contributed by atoms with Crippen LogP contribution in [0.2, 0.25) is 0 Å². The first-order valence-electron chi connectivity index (χ1n) is 10.9. The minimum atomic E-state index is -0.416. The summed E-state index contributed by atoms with van der Waals surface area (Å²) in [6, 6.07) is 20.5. The third-order valence-electron chi connectivity index (χ3n) is 5.87. The Balaban J connectivity index is 1.22. The Morgan fingerprint density at radius 1 is 0.889 bits per heavy atom. The molecule has 5 aromatic rings. The standard InChI is InChI=1S/C26H17N5O4S/c1-35-21-9-5-4-8-19(21)20-14-36-26-28-25(29-31(20)26)27-22(32)15-10-12-16(13-11-15)30-23(33)17-6-2-3-7-18(17)24(30)34/h2-14H,1H3,(H,27,29,32). The zero-order chi connectivity index (χ0) is 24.8. The monoisotopic (exact) mass is 495 g/mol. The molecule has 3 aromatic carbocycles. The van der Waals surface area contributed by atoms with E-state index in [0.29, 0.717) is 33.1 Å². The van der Waals surface area contributed by atoms with E-state index >= 15 is 0 Å². The van der Waals surface area contributed by atoms with Crippen molar-refractivity contribution in [2.75, 3.05) is 17.3 Å². The van der Waals surface area contributed by atoms with E-state index in [9.17, 15) is 14.4 Å². The second kappa shape index (κ2) is 8.43. The molecule has 0 fully saturated rings. The first-order valence-corrected chi connectivity index (χ1v) is 11.8. The van der Waals surface area contributed by atoms with Crippen LogP contribution in [-0.4, -0.2) is 39.4 Å². The number of para-hydroxylation sites is 1. The van der Waals surface area contributed by atoms with E-state index in [1.807, 2.05) is 29.6 Å². The number of nitrogens with zero attached hydrogens (tertiary/aromatic N) is 4. The second-order valence-corrected chi connectivity index (χ2v) is 8.78. The molecule has 0 aliphatic carbocycles. The van der Waals surface area contributed by atoms with Gasteiger partial charge in [0.05, 0.1) is 29.6 Å². The molecular weight excluding hydrogens is 478 g/mol. The summed E-state index contributed by atoms with van der Waals surface area (Å²) in [4.78, 5) is 44.4. The van der Waals surface area contributed by atoms with Crippen molar-refractivity contribution in [2.45, 2.75) is 0 Å². The van der Waals surface area contributed by atoms with Gasteiger partial charge in [-0.3, -0.25) is 19.7 Å². The molecule has 0 bridgehead atoms. The van der Waals surface area contributed by atoms with Gasteiger partial charge in [0.1, 0.15) is 5.75 Å². The molecule has 10 heteroatoms. The SMILES string of the molecule is COc1ccccc1-c1csc2nc(NC(=O)c3ccc(N4C(=O)c5ccccc5C4=O)cc3)nn12. The van der Waals surface area contributed by atoms with Crippen molar-refractivity contribution in [3.63, 3.8) is 0 Å². The Labute approximate surface area is 208 Å². The number of methoxy groups -OCH3 is 1. The Bertz CT molecular complexity index is 1640. The first kappa shape index (κ1) is 21.7. The van der Waals surface area contributed by atoms with Crippen molar-refractivity contribution in [3.8, 4) is 17.0 Å². The van der Waals surface area contributed by atoms with Crippen LogP contribution in [0.1, 0.15) is 31.1 Å². The number of ether oxygens (including phenoxy) is 1. The smallest absolute Gasteiger partial charge is 0.266 e. The number of hydrogen-bond donors (Lipinski definition) is 1. The minimum absolute atomic E-state index is 0.160. The molecule has 6 rings (SSSR count). The van der Waals surface area contributed by atoms with E-state index in [1.165, 1.54) is 11.3 Å². The zero-order valence-electron chi connectivity index (χ0n) is 18.8. The number of carbonyl (C=O) groups is 3. The van der Waals surface area contributed by atoms with Crippen LogP contribution in [0.4, 0.5) is 11.6 Å². The number of anilines is 2. The number of rotatable bonds is 5. The summed E-state index contributed by atoms with van der Waals surface area (Å²) in [5.74, 6) is -0.327. The van der Waals surface area contributed by atoms with Gasteiger partial charge in [0, 0.05) is 16.5 Å². The van der Waals surface area contributed by atoms with Crippen LogP contribution >= 0.6 is 11.3 Å². The highest BCUT2D eigenvalue weighted by Gasteiger charge is 2.36. The van der Waals surface area contributed by atoms with E-state index < -0.39 is 5.91 Å². The van der Waals surface area contributed by atoms with Crippen molar-refractivity contribution in [3.05, 3.63) is 94.9 Å². The number of hydrogen-bond acceptors (Lipinski definition) is 7. The largest absolute Gasteiger partial charge is 0.496 e. The van der Waals surface area contributed by atoms with Crippen LogP contribution in [-0.2, 0) is 0 Å². The fourth-order valence-electron chi connectivity index (χ4n) is 4.14. The molecule has 0 saturated heterocycles. The van der Waals surface area contributed by atoms with Gasteiger partial charge in [-0.05, 0) is 48.5 Å². The van der Waals surface area contributed by atoms with Gasteiger partial charge in [0.2, 0.25) is 4.96 Å². The lowest BCUT2D eigenvalue weighted by molar-refractivity contribution is 0.0925. The molecule has 0 saturated carbocycles. The summed E-state index contributed by atoms with van der Waals surface area (Å²) in [6.45, 7) is 0. The number of imide groups is 1. The maximum atomic E-state index is 12.8. The molecule has 2 aromatic heterocycles. The summed E-state index contributed by atoms with van der Waals surface area (Å²) in [6.07, 6.45) is 0. The van der Waals surface area contributed by atoms with Gasteiger partial charge in [-0.15, -0.1) is 16.4 Å². The highest BCUT2D eigenvalue weighted by molar-refractivity contribution is 7.15. The fourth-order valence-corrected chi connectivity index (χ4v) is 4.96. The van der Waals surface area contributed by atoms with Crippen LogP contribution in [0.25, 0.3) is 16.2 Å². The Kier molecular flexibility index (Phi) is 5.08. The molecule has 36 heavy (non-hydrogen) atoms. The molecule has 1 aliphatic rings. The van der Waals surface area contributed by atoms with Crippen LogP contribution in [0, 0.1) is 0 Å². The van der Waals surface area contributed by atoms with Gasteiger partial charge >= 0.3 is 0 Å². The van der Waals surface area contributed by atoms with Crippen molar-refractivity contribution < 1.29 is 19.1 Å². The molecule has 0 spiro atoms. The lowest BCUT2D eigenvalue weighted by Gasteiger charge is -2.14. The summed E-state index contributed by atoms with van der Waals surface area (Å²) in [5.41, 5.74) is 3.10. The topological polar surface area (TPSA) is 106 Å². The third-order valence-corrected chi connectivity index (χ3v) is 6.69. The zero-order valence-corrected chi connectivity index (χ0v) is 19.7. The lowest BCUT2D eigenvalue weighted by Crippen LogP contribution is -2.29. The molecule has 1 aliphatic heterocycles. The number of thiazole rings is 1. The Morgan fingerprint density at radius 3 is 2.19 bits per heavy atom. The van der Waals surface area contributed by atoms with Crippen molar-refractivity contribution in [1.82, 2.24) is 14.6 Å². The van der Waals surface area contributed by atoms with Crippen LogP contribution in [0.15, 0.2) is 78.2 Å². The van der Waals surface area contributed by atoms with Gasteiger partial charge < -0.3 is 4.74 Å². The molecule has 9 nitrogen and oxygen atoms in total. The van der Waals surface area contributed by atoms with Gasteiger partial charge in [0.25, 0.3) is 23.7 Å². The molecule has 0 atom stereocenters. The predicted octanol–water partition coefficient (Wildman–Crippen LogP) is 4.52. The molecule has 3 amide bonds. The van der Waals surface area contributed by atoms with Crippen molar-refractivity contribution in [1.29, 1.82) is 0 Å². The summed E-state index contributed by atoms with van der Waals surface area (Å²) in [5, 5.41) is 9.08. The number of nitrogens with one attached hydrogen (secondary N) is 1. The Morgan fingerprint density at radius 2 is 1.53 bits per heavy atom. The molecule has 0 unspecified atom stereocenters. The number of amides is 3. The first-order chi connectivity index (χ1) is 17.5. The predicted molar refractivity (Wildman–Crippen MR) is 135 cm³/mol. The molecule has 1 N–H and O–H groups in total. The number of aromatic nitrogens is 3. The van der Waals surface area contributed by atoms with E-state index in [4.69, 9.17) is 4.74 Å². The van der Waals surface area contributed by atoms with Gasteiger partial charge in [-0.2, -0.15) is 4.98 Å². The molecule has 3 heterocycles. The third kappa shape index (κ3) is 3.43. The van der Waals surface area contributed by atoms with E-state index in [0.717, 1.165) is 16.2 Å². The second-order valence-electron chi connectivity index (χ2n) is 7.94. The molecular formula is C26H17N5O4S. The van der Waals surface area contributed by atoms with E-state index in [1.54, 1.807) is 60.2 Å². The van der Waals surface area contributed by atoms with Crippen LogP contribution < -0.4 is 15.0 Å². The van der Waals surface area contributed by atoms with Crippen LogP contribution in [0.5, 0.6) is 5.75 Å². The van der Waals surface area contributed by atoms with E-state index in [-0.39, 0.29) is 17.8 Å². The maximum Gasteiger partial charge on any atom is 0.266 e. The van der Waals surface area contributed by atoms with E-state index in [2.05, 4.69) is 15.4 Å². The molecule has 176 valence electrons. The average molecular weight is 496 g/mol.